The zero-order chi connectivity index (χ0) is 21.6. The molecule has 0 radical (unpaired) electrons. The van der Waals surface area contributed by atoms with E-state index < -0.39 is 22.0 Å². The fourth-order valence-electron chi connectivity index (χ4n) is 4.73. The third-order valence-electron chi connectivity index (χ3n) is 5.96. The number of aryl methyl sites for hydroxylation is 1. The predicted molar refractivity (Wildman–Crippen MR) is 107 cm³/mol. The first kappa shape index (κ1) is 20.4. The van der Waals surface area contributed by atoms with E-state index in [2.05, 4.69) is 9.97 Å². The lowest BCUT2D eigenvalue weighted by atomic mass is 9.63. The number of nitro benzene ring substituents is 1. The van der Waals surface area contributed by atoms with Crippen LogP contribution < -0.4 is 0 Å². The second-order valence-electron chi connectivity index (χ2n) is 7.46. The fourth-order valence-corrected chi connectivity index (χ4v) is 5.15. The van der Waals surface area contributed by atoms with E-state index in [4.69, 9.17) is 23.2 Å². The van der Waals surface area contributed by atoms with E-state index in [1.165, 1.54) is 12.1 Å². The topological polar surface area (TPSA) is 127 Å². The van der Waals surface area contributed by atoms with E-state index in [-0.39, 0.29) is 33.2 Å². The van der Waals surface area contributed by atoms with E-state index in [9.17, 15) is 25.0 Å². The third-order valence-corrected chi connectivity index (χ3v) is 6.35. The van der Waals surface area contributed by atoms with Crippen molar-refractivity contribution in [1.29, 1.82) is 5.26 Å². The van der Waals surface area contributed by atoms with Crippen molar-refractivity contribution in [1.82, 2.24) is 9.97 Å². The minimum absolute atomic E-state index is 0.00933. The van der Waals surface area contributed by atoms with Crippen LogP contribution in [0.3, 0.4) is 0 Å². The van der Waals surface area contributed by atoms with E-state index in [1.54, 1.807) is 6.07 Å². The number of carbonyl (C=O) groups excluding carboxylic acids is 2. The van der Waals surface area contributed by atoms with E-state index in [0.717, 1.165) is 5.56 Å². The molecule has 1 heterocycles. The number of carbonyl (C=O) groups is 2. The summed E-state index contributed by atoms with van der Waals surface area (Å²) >= 11 is 11.7. The predicted octanol–water partition coefficient (Wildman–Crippen LogP) is 4.00. The van der Waals surface area contributed by atoms with Crippen LogP contribution in [0.2, 0.25) is 10.3 Å². The molecule has 1 spiro atoms. The molecule has 0 amide bonds. The van der Waals surface area contributed by atoms with Crippen molar-refractivity contribution in [3.05, 3.63) is 61.1 Å². The summed E-state index contributed by atoms with van der Waals surface area (Å²) in [6, 6.07) is 6.11. The summed E-state index contributed by atoms with van der Waals surface area (Å²) in [6.07, 6.45) is 2.18. The molecule has 1 aromatic heterocycles. The second kappa shape index (κ2) is 7.42. The quantitative estimate of drug-likeness (QED) is 0.230. The van der Waals surface area contributed by atoms with Crippen LogP contribution in [-0.2, 0) is 16.6 Å². The van der Waals surface area contributed by atoms with Crippen LogP contribution in [0.25, 0.3) is 0 Å². The molecule has 8 nitrogen and oxygen atoms in total. The Morgan fingerprint density at radius 2 is 1.97 bits per heavy atom. The highest BCUT2D eigenvalue weighted by Crippen LogP contribution is 2.51. The average Bonchev–Trinajstić information content (AvgIpc) is 3.07. The summed E-state index contributed by atoms with van der Waals surface area (Å²) in [5.74, 6) is -2.19. The molecule has 2 unspecified atom stereocenters. The standard InChI is InChI=1S/C20H14Cl2N4O4/c21-14-8-15(22)25-19(24-14)17(27)11-2-1-6-20(18(11)28)7-5-10-3-4-13(26(29)30)12(9-23)16(10)20/h3-4,8,11H,1-2,5-7H2. The smallest absolute Gasteiger partial charge is 0.287 e. The van der Waals surface area contributed by atoms with Gasteiger partial charge in [-0.25, -0.2) is 9.97 Å². The number of nitro groups is 1. The summed E-state index contributed by atoms with van der Waals surface area (Å²) in [6.45, 7) is 0. The molecule has 2 aliphatic rings. The maximum absolute atomic E-state index is 13.6. The van der Waals surface area contributed by atoms with Crippen molar-refractivity contribution in [2.45, 2.75) is 37.5 Å². The fraction of sp³-hybridized carbons (Fsp3) is 0.350. The van der Waals surface area contributed by atoms with Crippen LogP contribution in [-0.4, -0.2) is 26.5 Å². The van der Waals surface area contributed by atoms with Gasteiger partial charge in [0, 0.05) is 12.1 Å². The molecule has 152 valence electrons. The number of hydrogen-bond acceptors (Lipinski definition) is 7. The van der Waals surface area contributed by atoms with Gasteiger partial charge in [0.25, 0.3) is 5.69 Å². The van der Waals surface area contributed by atoms with Crippen LogP contribution in [0.15, 0.2) is 18.2 Å². The largest absolute Gasteiger partial charge is 0.298 e. The Bertz CT molecular complexity index is 1140. The summed E-state index contributed by atoms with van der Waals surface area (Å²) in [5, 5.41) is 21.1. The lowest BCUT2D eigenvalue weighted by Crippen LogP contribution is -2.45. The Kier molecular flexibility index (Phi) is 5.04. The van der Waals surface area contributed by atoms with Gasteiger partial charge in [-0.2, -0.15) is 5.26 Å². The number of nitrogens with zero attached hydrogens (tertiary/aromatic N) is 4. The third kappa shape index (κ3) is 3.06. The first-order valence-electron chi connectivity index (χ1n) is 9.28. The van der Waals surface area contributed by atoms with Crippen LogP contribution >= 0.6 is 23.2 Å². The summed E-state index contributed by atoms with van der Waals surface area (Å²) < 4.78 is 0. The van der Waals surface area contributed by atoms with Gasteiger partial charge in [-0.15, -0.1) is 0 Å². The van der Waals surface area contributed by atoms with Gasteiger partial charge in [-0.3, -0.25) is 19.7 Å². The number of halogens is 2. The molecule has 4 rings (SSSR count). The van der Waals surface area contributed by atoms with Crippen LogP contribution in [0.4, 0.5) is 5.69 Å². The molecule has 2 atom stereocenters. The minimum atomic E-state index is -1.10. The highest BCUT2D eigenvalue weighted by molar-refractivity contribution is 6.33. The van der Waals surface area contributed by atoms with Gasteiger partial charge in [0.1, 0.15) is 21.9 Å². The van der Waals surface area contributed by atoms with Crippen molar-refractivity contribution in [2.75, 3.05) is 0 Å². The molecule has 1 fully saturated rings. The molecule has 2 aliphatic carbocycles. The van der Waals surface area contributed by atoms with Gasteiger partial charge in [-0.05, 0) is 36.8 Å². The van der Waals surface area contributed by atoms with Gasteiger partial charge < -0.3 is 0 Å². The molecule has 0 aliphatic heterocycles. The van der Waals surface area contributed by atoms with Gasteiger partial charge in [-0.1, -0.05) is 35.7 Å². The zero-order valence-electron chi connectivity index (χ0n) is 15.5. The normalized spacial score (nSPS) is 22.6. The lowest BCUT2D eigenvalue weighted by molar-refractivity contribution is -0.385. The summed E-state index contributed by atoms with van der Waals surface area (Å²) in [5.41, 5.74) is -0.400. The Balaban J connectivity index is 1.81. The maximum Gasteiger partial charge on any atom is 0.287 e. The molecule has 0 saturated heterocycles. The molecule has 0 N–H and O–H groups in total. The Morgan fingerprint density at radius 1 is 1.27 bits per heavy atom. The number of nitriles is 1. The first-order valence-corrected chi connectivity index (χ1v) is 10.0. The van der Waals surface area contributed by atoms with E-state index in [0.29, 0.717) is 37.7 Å². The molecule has 1 saturated carbocycles. The van der Waals surface area contributed by atoms with Crippen molar-refractivity contribution in [3.63, 3.8) is 0 Å². The number of hydrogen-bond donors (Lipinski definition) is 0. The SMILES string of the molecule is N#Cc1c([N+](=O)[O-])ccc2c1C1(CCCC(C(=O)c3nc(Cl)cc(Cl)n3)C1=O)CC2. The number of Topliss-reactive ketones (excluding diaryl/α,β-unsaturated/α-hetero) is 2. The van der Waals surface area contributed by atoms with Crippen molar-refractivity contribution in [2.24, 2.45) is 5.92 Å². The monoisotopic (exact) mass is 444 g/mol. The van der Waals surface area contributed by atoms with Crippen molar-refractivity contribution >= 4 is 40.5 Å². The molecule has 0 bridgehead atoms. The summed E-state index contributed by atoms with van der Waals surface area (Å²) in [7, 11) is 0. The number of aromatic nitrogens is 2. The Morgan fingerprint density at radius 3 is 2.60 bits per heavy atom. The highest BCUT2D eigenvalue weighted by atomic mass is 35.5. The Hall–Kier alpha value is -2.89. The average molecular weight is 445 g/mol. The van der Waals surface area contributed by atoms with Gasteiger partial charge in [0.2, 0.25) is 5.78 Å². The highest BCUT2D eigenvalue weighted by Gasteiger charge is 2.53. The van der Waals surface area contributed by atoms with Gasteiger partial charge >= 0.3 is 0 Å². The van der Waals surface area contributed by atoms with Crippen LogP contribution in [0.1, 0.15) is 53.0 Å². The van der Waals surface area contributed by atoms with Gasteiger partial charge in [0.05, 0.1) is 16.3 Å². The van der Waals surface area contributed by atoms with Crippen LogP contribution in [0, 0.1) is 27.4 Å². The molecule has 10 heteroatoms. The molecular formula is C20H14Cl2N4O4. The van der Waals surface area contributed by atoms with E-state index in [1.807, 2.05) is 6.07 Å². The maximum atomic E-state index is 13.6. The minimum Gasteiger partial charge on any atom is -0.298 e. The molecule has 1 aromatic carbocycles. The zero-order valence-corrected chi connectivity index (χ0v) is 17.0. The number of ketones is 2. The van der Waals surface area contributed by atoms with E-state index >= 15 is 0 Å². The number of benzene rings is 1. The molecular weight excluding hydrogens is 431 g/mol. The Labute approximate surface area is 181 Å². The molecule has 30 heavy (non-hydrogen) atoms. The molecule has 2 aromatic rings. The lowest BCUT2D eigenvalue weighted by Gasteiger charge is -2.36. The summed E-state index contributed by atoms with van der Waals surface area (Å²) in [4.78, 5) is 45.3. The number of rotatable bonds is 3. The number of fused-ring (bicyclic) bond motifs is 2. The first-order chi connectivity index (χ1) is 14.3. The van der Waals surface area contributed by atoms with Crippen molar-refractivity contribution in [3.8, 4) is 6.07 Å². The van der Waals surface area contributed by atoms with Gasteiger partial charge in [0.15, 0.2) is 11.6 Å². The second-order valence-corrected chi connectivity index (χ2v) is 8.23. The van der Waals surface area contributed by atoms with Crippen molar-refractivity contribution < 1.29 is 14.5 Å². The van der Waals surface area contributed by atoms with Crippen LogP contribution in [0.5, 0.6) is 0 Å².